The fraction of sp³-hybridized carbons (Fsp3) is 0.238. The first-order valence-corrected chi connectivity index (χ1v) is 8.27. The van der Waals surface area contributed by atoms with Gasteiger partial charge in [-0.05, 0) is 29.2 Å². The zero-order valence-electron chi connectivity index (χ0n) is 13.8. The third kappa shape index (κ3) is 3.01. The van der Waals surface area contributed by atoms with E-state index in [1.807, 2.05) is 0 Å². The summed E-state index contributed by atoms with van der Waals surface area (Å²) < 4.78 is 57.9. The van der Waals surface area contributed by atoms with E-state index in [2.05, 4.69) is 0 Å². The maximum atomic E-state index is 16.0. The average molecular weight is 346 g/mol. The first kappa shape index (κ1) is 17.5. The number of alkyl halides is 1. The predicted octanol–water partition coefficient (Wildman–Crippen LogP) is 6.26. The summed E-state index contributed by atoms with van der Waals surface area (Å²) in [6.45, 7) is 1.81. The van der Waals surface area contributed by atoms with Crippen LogP contribution in [0.3, 0.4) is 0 Å². The molecule has 0 aromatic heterocycles. The van der Waals surface area contributed by atoms with Gasteiger partial charge in [-0.15, -0.1) is 0 Å². The predicted molar refractivity (Wildman–Crippen MR) is 91.3 cm³/mol. The summed E-state index contributed by atoms with van der Waals surface area (Å²) in [6, 6.07) is 9.39. The van der Waals surface area contributed by atoms with Gasteiger partial charge in [-0.2, -0.15) is 0 Å². The van der Waals surface area contributed by atoms with Crippen LogP contribution in [0.4, 0.5) is 17.6 Å². The quantitative estimate of drug-likeness (QED) is 0.452. The van der Waals surface area contributed by atoms with E-state index in [0.29, 0.717) is 12.0 Å². The molecule has 25 heavy (non-hydrogen) atoms. The van der Waals surface area contributed by atoms with Gasteiger partial charge in [0.05, 0.1) is 0 Å². The highest BCUT2D eigenvalue weighted by Crippen LogP contribution is 2.46. The van der Waals surface area contributed by atoms with Crippen LogP contribution < -0.4 is 0 Å². The lowest BCUT2D eigenvalue weighted by Gasteiger charge is -2.31. The van der Waals surface area contributed by atoms with Gasteiger partial charge in [0.2, 0.25) is 0 Å². The molecule has 1 atom stereocenters. The van der Waals surface area contributed by atoms with Crippen LogP contribution in [0.1, 0.15) is 36.5 Å². The molecule has 130 valence electrons. The summed E-state index contributed by atoms with van der Waals surface area (Å²) in [5.74, 6) is -4.05. The lowest BCUT2D eigenvalue weighted by atomic mass is 9.77. The Morgan fingerprint density at radius 2 is 1.76 bits per heavy atom. The van der Waals surface area contributed by atoms with Gasteiger partial charge < -0.3 is 0 Å². The molecule has 2 aromatic rings. The Hall–Kier alpha value is -2.36. The minimum Gasteiger partial charge on any atom is -0.233 e. The van der Waals surface area contributed by atoms with Crippen molar-refractivity contribution in [3.05, 3.63) is 88.8 Å². The Bertz CT molecular complexity index is 837. The normalized spacial score (nSPS) is 19.8. The van der Waals surface area contributed by atoms with Gasteiger partial charge in [0.25, 0.3) is 0 Å². The molecule has 0 amide bonds. The lowest BCUT2D eigenvalue weighted by molar-refractivity contribution is 0.249. The van der Waals surface area contributed by atoms with Crippen molar-refractivity contribution in [2.45, 2.75) is 31.9 Å². The highest BCUT2D eigenvalue weighted by atomic mass is 19.2. The summed E-state index contributed by atoms with van der Waals surface area (Å²) in [5.41, 5.74) is -1.26. The molecule has 0 aliphatic heterocycles. The molecule has 2 aromatic carbocycles. The molecular weight excluding hydrogens is 328 g/mol. The molecule has 0 radical (unpaired) electrons. The Morgan fingerprint density at radius 3 is 2.44 bits per heavy atom. The maximum Gasteiger partial charge on any atom is 0.194 e. The molecule has 0 spiro atoms. The third-order valence-electron chi connectivity index (χ3n) is 4.51. The van der Waals surface area contributed by atoms with Crippen molar-refractivity contribution < 1.29 is 17.6 Å². The fourth-order valence-electron chi connectivity index (χ4n) is 3.28. The monoisotopic (exact) mass is 346 g/mol. The number of benzene rings is 2. The standard InChI is InChI=1S/C21H18F4/c1-2-8-15-16(13-18(22)20(24)19(15)23)17-11-6-7-12-21(17,25)14-9-4-3-5-10-14/h3-7,9-11,13H,2,8,12H2,1H3. The molecule has 3 rings (SSSR count). The molecular formula is C21H18F4. The van der Waals surface area contributed by atoms with Gasteiger partial charge in [0.1, 0.15) is 0 Å². The van der Waals surface area contributed by atoms with Crippen LogP contribution in [0, 0.1) is 17.5 Å². The highest BCUT2D eigenvalue weighted by molar-refractivity contribution is 5.78. The smallest absolute Gasteiger partial charge is 0.194 e. The number of hydrogen-bond donors (Lipinski definition) is 0. The summed E-state index contributed by atoms with van der Waals surface area (Å²) in [5, 5.41) is 0. The van der Waals surface area contributed by atoms with Crippen LogP contribution in [0.15, 0.2) is 54.6 Å². The van der Waals surface area contributed by atoms with Gasteiger partial charge in [0, 0.05) is 12.0 Å². The van der Waals surface area contributed by atoms with Crippen molar-refractivity contribution in [3.63, 3.8) is 0 Å². The molecule has 0 N–H and O–H groups in total. The highest BCUT2D eigenvalue weighted by Gasteiger charge is 2.39. The van der Waals surface area contributed by atoms with Crippen molar-refractivity contribution in [1.29, 1.82) is 0 Å². The number of allylic oxidation sites excluding steroid dienone is 4. The molecule has 0 heterocycles. The third-order valence-corrected chi connectivity index (χ3v) is 4.51. The second kappa shape index (κ2) is 6.87. The molecule has 1 aliphatic carbocycles. The topological polar surface area (TPSA) is 0 Å². The Morgan fingerprint density at radius 1 is 1.04 bits per heavy atom. The molecule has 0 saturated heterocycles. The van der Waals surface area contributed by atoms with E-state index in [9.17, 15) is 13.2 Å². The van der Waals surface area contributed by atoms with Crippen LogP contribution >= 0.6 is 0 Å². The lowest BCUT2D eigenvalue weighted by Crippen LogP contribution is -2.24. The van der Waals surface area contributed by atoms with Gasteiger partial charge in [-0.1, -0.05) is 61.9 Å². The van der Waals surface area contributed by atoms with E-state index in [-0.39, 0.29) is 29.5 Å². The van der Waals surface area contributed by atoms with E-state index in [1.165, 1.54) is 6.08 Å². The van der Waals surface area contributed by atoms with Crippen molar-refractivity contribution in [1.82, 2.24) is 0 Å². The summed E-state index contributed by atoms with van der Waals surface area (Å²) >= 11 is 0. The molecule has 4 heteroatoms. The zero-order valence-corrected chi connectivity index (χ0v) is 13.8. The summed E-state index contributed by atoms with van der Waals surface area (Å²) in [4.78, 5) is 0. The number of rotatable bonds is 4. The molecule has 0 fully saturated rings. The number of hydrogen-bond acceptors (Lipinski definition) is 0. The largest absolute Gasteiger partial charge is 0.233 e. The van der Waals surface area contributed by atoms with Crippen molar-refractivity contribution in [3.8, 4) is 0 Å². The SMILES string of the molecule is CCCc1c(C2=CC=CCC2(F)c2ccccc2)cc(F)c(F)c1F. The minimum atomic E-state index is -1.92. The van der Waals surface area contributed by atoms with E-state index in [4.69, 9.17) is 0 Å². The van der Waals surface area contributed by atoms with Crippen LogP contribution in [0.25, 0.3) is 5.57 Å². The first-order chi connectivity index (χ1) is 12.0. The molecule has 1 unspecified atom stereocenters. The van der Waals surface area contributed by atoms with Gasteiger partial charge in [-0.25, -0.2) is 17.6 Å². The summed E-state index contributed by atoms with van der Waals surface area (Å²) in [6.07, 6.45) is 5.63. The Kier molecular flexibility index (Phi) is 4.80. The number of halogens is 4. The minimum absolute atomic E-state index is 0.0147. The molecule has 1 aliphatic rings. The van der Waals surface area contributed by atoms with E-state index < -0.39 is 23.1 Å². The maximum absolute atomic E-state index is 16.0. The van der Waals surface area contributed by atoms with E-state index in [1.54, 1.807) is 49.4 Å². The van der Waals surface area contributed by atoms with Crippen LogP contribution in [-0.2, 0) is 12.1 Å². The van der Waals surface area contributed by atoms with E-state index in [0.717, 1.165) is 6.07 Å². The summed E-state index contributed by atoms with van der Waals surface area (Å²) in [7, 11) is 0. The molecule has 0 saturated carbocycles. The Balaban J connectivity index is 2.23. The van der Waals surface area contributed by atoms with Crippen molar-refractivity contribution in [2.24, 2.45) is 0 Å². The molecule has 0 nitrogen and oxygen atoms in total. The van der Waals surface area contributed by atoms with Crippen LogP contribution in [0.5, 0.6) is 0 Å². The second-order valence-corrected chi connectivity index (χ2v) is 6.14. The van der Waals surface area contributed by atoms with Gasteiger partial charge >= 0.3 is 0 Å². The van der Waals surface area contributed by atoms with Gasteiger partial charge in [0.15, 0.2) is 23.1 Å². The Labute approximate surface area is 144 Å². The first-order valence-electron chi connectivity index (χ1n) is 8.27. The van der Waals surface area contributed by atoms with Crippen LogP contribution in [0.2, 0.25) is 0 Å². The van der Waals surface area contributed by atoms with Crippen molar-refractivity contribution >= 4 is 5.57 Å². The van der Waals surface area contributed by atoms with Gasteiger partial charge in [-0.3, -0.25) is 0 Å². The van der Waals surface area contributed by atoms with Crippen LogP contribution in [-0.4, -0.2) is 0 Å². The van der Waals surface area contributed by atoms with Crippen molar-refractivity contribution in [2.75, 3.05) is 0 Å². The van der Waals surface area contributed by atoms with E-state index >= 15 is 4.39 Å². The average Bonchev–Trinajstić information content (AvgIpc) is 2.63. The fourth-order valence-corrected chi connectivity index (χ4v) is 3.28. The second-order valence-electron chi connectivity index (χ2n) is 6.14. The zero-order chi connectivity index (χ0) is 18.0. The molecule has 0 bridgehead atoms.